The number of esters is 1. The fourth-order valence-electron chi connectivity index (χ4n) is 2.00. The predicted molar refractivity (Wildman–Crippen MR) is 87.7 cm³/mol. The third kappa shape index (κ3) is 4.43. The van der Waals surface area contributed by atoms with Crippen molar-refractivity contribution in [2.24, 2.45) is 0 Å². The second kappa shape index (κ2) is 7.94. The lowest BCUT2D eigenvalue weighted by Gasteiger charge is -2.17. The van der Waals surface area contributed by atoms with Crippen LogP contribution >= 0.6 is 23.2 Å². The number of aromatic nitrogens is 1. The predicted octanol–water partition coefficient (Wildman–Crippen LogP) is 2.90. The first kappa shape index (κ1) is 17.2. The number of hydrogen-bond donors (Lipinski definition) is 1. The molecule has 0 fully saturated rings. The smallest absolute Gasteiger partial charge is 0.328 e. The molecule has 1 aromatic carbocycles. The molecule has 2 rings (SSSR count). The summed E-state index contributed by atoms with van der Waals surface area (Å²) in [6.07, 6.45) is 1.61. The van der Waals surface area contributed by atoms with Crippen molar-refractivity contribution >= 4 is 35.1 Å². The van der Waals surface area contributed by atoms with E-state index in [0.29, 0.717) is 15.6 Å². The standard InChI is InChI=1S/C16H14Cl2N2O3/c1-23-16(22)14(9-10-11(17)5-4-6-12(10)18)20-15(21)13-7-2-3-8-19-13/h2-8,14H,9H2,1H3,(H,20,21)/t14-/m0/s1. The van der Waals surface area contributed by atoms with Gasteiger partial charge < -0.3 is 10.1 Å². The van der Waals surface area contributed by atoms with Crippen molar-refractivity contribution in [1.29, 1.82) is 0 Å². The van der Waals surface area contributed by atoms with Crippen LogP contribution < -0.4 is 5.32 Å². The Hall–Kier alpha value is -2.11. The van der Waals surface area contributed by atoms with Gasteiger partial charge in [0.15, 0.2) is 0 Å². The maximum atomic E-state index is 12.2. The fourth-order valence-corrected chi connectivity index (χ4v) is 2.55. The van der Waals surface area contributed by atoms with E-state index in [1.165, 1.54) is 13.3 Å². The molecule has 7 heteroatoms. The van der Waals surface area contributed by atoms with Crippen LogP contribution in [0.1, 0.15) is 16.1 Å². The number of ether oxygens (including phenoxy) is 1. The Kier molecular flexibility index (Phi) is 5.96. The molecule has 120 valence electrons. The maximum Gasteiger partial charge on any atom is 0.328 e. The molecule has 0 spiro atoms. The fraction of sp³-hybridized carbons (Fsp3) is 0.188. The van der Waals surface area contributed by atoms with Crippen molar-refractivity contribution in [3.05, 3.63) is 63.9 Å². The second-order valence-corrected chi connectivity index (χ2v) is 5.48. The first-order valence-electron chi connectivity index (χ1n) is 6.75. The maximum absolute atomic E-state index is 12.2. The van der Waals surface area contributed by atoms with E-state index >= 15 is 0 Å². The Morgan fingerprint density at radius 1 is 1.17 bits per heavy atom. The van der Waals surface area contributed by atoms with Crippen LogP contribution in [0.2, 0.25) is 10.0 Å². The number of rotatable bonds is 5. The van der Waals surface area contributed by atoms with Gasteiger partial charge in [0, 0.05) is 22.7 Å². The van der Waals surface area contributed by atoms with Gasteiger partial charge >= 0.3 is 5.97 Å². The quantitative estimate of drug-likeness (QED) is 0.840. The molecule has 5 nitrogen and oxygen atoms in total. The topological polar surface area (TPSA) is 68.3 Å². The van der Waals surface area contributed by atoms with Gasteiger partial charge in [-0.15, -0.1) is 0 Å². The summed E-state index contributed by atoms with van der Waals surface area (Å²) in [6.45, 7) is 0. The summed E-state index contributed by atoms with van der Waals surface area (Å²) in [4.78, 5) is 28.1. The lowest BCUT2D eigenvalue weighted by molar-refractivity contribution is -0.142. The van der Waals surface area contributed by atoms with Gasteiger partial charge in [0.2, 0.25) is 0 Å². The van der Waals surface area contributed by atoms with Crippen molar-refractivity contribution < 1.29 is 14.3 Å². The van der Waals surface area contributed by atoms with Crippen LogP contribution in [0.15, 0.2) is 42.6 Å². The van der Waals surface area contributed by atoms with Crippen LogP contribution in [0.5, 0.6) is 0 Å². The summed E-state index contributed by atoms with van der Waals surface area (Å²) in [6, 6.07) is 9.03. The summed E-state index contributed by atoms with van der Waals surface area (Å²) in [7, 11) is 1.25. The number of hydrogen-bond acceptors (Lipinski definition) is 4. The monoisotopic (exact) mass is 352 g/mol. The highest BCUT2D eigenvalue weighted by molar-refractivity contribution is 6.36. The first-order valence-corrected chi connectivity index (χ1v) is 7.51. The largest absolute Gasteiger partial charge is 0.467 e. The highest BCUT2D eigenvalue weighted by Crippen LogP contribution is 2.25. The van der Waals surface area contributed by atoms with Crippen LogP contribution in [0.25, 0.3) is 0 Å². The summed E-state index contributed by atoms with van der Waals surface area (Å²) in [5.41, 5.74) is 0.763. The third-order valence-electron chi connectivity index (χ3n) is 3.16. The van der Waals surface area contributed by atoms with E-state index in [9.17, 15) is 9.59 Å². The average Bonchev–Trinajstić information content (AvgIpc) is 2.57. The van der Waals surface area contributed by atoms with Gasteiger partial charge in [-0.2, -0.15) is 0 Å². The number of methoxy groups -OCH3 is 1. The molecule has 1 aromatic heterocycles. The van der Waals surface area contributed by atoms with E-state index in [0.717, 1.165) is 0 Å². The minimum absolute atomic E-state index is 0.115. The Bertz CT molecular complexity index is 687. The number of pyridine rings is 1. The van der Waals surface area contributed by atoms with Gasteiger partial charge in [0.05, 0.1) is 7.11 Å². The van der Waals surface area contributed by atoms with Crippen LogP contribution in [0.4, 0.5) is 0 Å². The molecule has 1 N–H and O–H groups in total. The molecule has 0 saturated heterocycles. The normalized spacial score (nSPS) is 11.6. The number of amides is 1. The molecule has 0 aliphatic carbocycles. The lowest BCUT2D eigenvalue weighted by atomic mass is 10.1. The average molecular weight is 353 g/mol. The number of nitrogens with zero attached hydrogens (tertiary/aromatic N) is 1. The second-order valence-electron chi connectivity index (χ2n) is 4.67. The summed E-state index contributed by atoms with van der Waals surface area (Å²) in [5, 5.41) is 3.42. The molecule has 1 amide bonds. The Labute approximate surface area is 143 Å². The van der Waals surface area contributed by atoms with Crippen molar-refractivity contribution in [2.75, 3.05) is 7.11 Å². The molecule has 2 aromatic rings. The zero-order valence-corrected chi connectivity index (χ0v) is 13.8. The van der Waals surface area contributed by atoms with E-state index in [-0.39, 0.29) is 12.1 Å². The van der Waals surface area contributed by atoms with Gasteiger partial charge in [-0.3, -0.25) is 9.78 Å². The van der Waals surface area contributed by atoms with Crippen LogP contribution in [0.3, 0.4) is 0 Å². The van der Waals surface area contributed by atoms with E-state index in [1.54, 1.807) is 36.4 Å². The molecule has 0 bridgehead atoms. The number of nitrogens with one attached hydrogen (secondary N) is 1. The van der Waals surface area contributed by atoms with Crippen molar-refractivity contribution in [1.82, 2.24) is 10.3 Å². The highest BCUT2D eigenvalue weighted by Gasteiger charge is 2.25. The number of carbonyl (C=O) groups excluding carboxylic acids is 2. The van der Waals surface area contributed by atoms with Crippen LogP contribution in [-0.2, 0) is 16.0 Å². The Balaban J connectivity index is 2.21. The molecule has 0 radical (unpaired) electrons. The summed E-state index contributed by atoms with van der Waals surface area (Å²) < 4.78 is 4.74. The molecule has 0 unspecified atom stereocenters. The molecule has 1 atom stereocenters. The number of carbonyl (C=O) groups is 2. The minimum Gasteiger partial charge on any atom is -0.467 e. The van der Waals surface area contributed by atoms with E-state index in [1.807, 2.05) is 0 Å². The Morgan fingerprint density at radius 3 is 2.43 bits per heavy atom. The van der Waals surface area contributed by atoms with Crippen molar-refractivity contribution in [3.63, 3.8) is 0 Å². The van der Waals surface area contributed by atoms with Gasteiger partial charge in [0.25, 0.3) is 5.91 Å². The first-order chi connectivity index (χ1) is 11.0. The zero-order valence-electron chi connectivity index (χ0n) is 12.3. The molecular weight excluding hydrogens is 339 g/mol. The summed E-state index contributed by atoms with van der Waals surface area (Å²) >= 11 is 12.2. The number of benzene rings is 1. The molecule has 23 heavy (non-hydrogen) atoms. The van der Waals surface area contributed by atoms with Gasteiger partial charge in [-0.1, -0.05) is 35.3 Å². The van der Waals surface area contributed by atoms with Gasteiger partial charge in [0.1, 0.15) is 11.7 Å². The lowest BCUT2D eigenvalue weighted by Crippen LogP contribution is -2.43. The molecule has 0 aliphatic rings. The summed E-state index contributed by atoms with van der Waals surface area (Å²) in [5.74, 6) is -1.07. The minimum atomic E-state index is -0.924. The van der Waals surface area contributed by atoms with Crippen molar-refractivity contribution in [3.8, 4) is 0 Å². The van der Waals surface area contributed by atoms with Crippen LogP contribution in [-0.4, -0.2) is 30.0 Å². The highest BCUT2D eigenvalue weighted by atomic mass is 35.5. The third-order valence-corrected chi connectivity index (χ3v) is 3.87. The van der Waals surface area contributed by atoms with E-state index in [2.05, 4.69) is 10.3 Å². The Morgan fingerprint density at radius 2 is 1.87 bits per heavy atom. The van der Waals surface area contributed by atoms with Gasteiger partial charge in [-0.05, 0) is 29.8 Å². The van der Waals surface area contributed by atoms with E-state index in [4.69, 9.17) is 27.9 Å². The van der Waals surface area contributed by atoms with Crippen molar-refractivity contribution in [2.45, 2.75) is 12.5 Å². The molecule has 0 aliphatic heterocycles. The molecule has 1 heterocycles. The molecular formula is C16H14Cl2N2O3. The van der Waals surface area contributed by atoms with Crippen LogP contribution in [0, 0.1) is 0 Å². The zero-order chi connectivity index (χ0) is 16.8. The number of halogens is 2. The van der Waals surface area contributed by atoms with E-state index < -0.39 is 17.9 Å². The molecule has 0 saturated carbocycles. The SMILES string of the molecule is COC(=O)[C@H](Cc1c(Cl)cccc1Cl)NC(=O)c1ccccn1. The van der Waals surface area contributed by atoms with Gasteiger partial charge in [-0.25, -0.2) is 4.79 Å².